The molecule has 0 heterocycles. The molecule has 0 unspecified atom stereocenters. The first kappa shape index (κ1) is 11.1. The summed E-state index contributed by atoms with van der Waals surface area (Å²) in [5.41, 5.74) is 4.87. The van der Waals surface area contributed by atoms with E-state index in [1.54, 1.807) is 5.32 Å². The molecule has 0 saturated heterocycles. The molecule has 7 heteroatoms. The molecular weight excluding hydrogens is 199 g/mol. The van der Waals surface area contributed by atoms with E-state index in [-0.39, 0.29) is 6.54 Å². The van der Waals surface area contributed by atoms with Crippen molar-refractivity contribution in [3.8, 4) is 0 Å². The predicted octanol–water partition coefficient (Wildman–Crippen LogP) is 0.339. The van der Waals surface area contributed by atoms with Crippen LogP contribution in [0, 0.1) is 0 Å². The number of hydrogen-bond acceptors (Lipinski definition) is 2. The molecular formula is C7H12F3N3O. The lowest BCUT2D eigenvalue weighted by molar-refractivity contribution is -0.122. The van der Waals surface area contributed by atoms with Crippen LogP contribution in [-0.4, -0.2) is 30.8 Å². The summed E-state index contributed by atoms with van der Waals surface area (Å²) in [5.74, 6) is 0. The maximum Gasteiger partial charge on any atom is 0.405 e. The molecule has 0 aliphatic heterocycles. The van der Waals surface area contributed by atoms with Gasteiger partial charge < -0.3 is 16.4 Å². The number of carbonyl (C=O) groups is 1. The van der Waals surface area contributed by atoms with E-state index in [0.717, 1.165) is 12.8 Å². The maximum absolute atomic E-state index is 11.7. The fraction of sp³-hybridized carbons (Fsp3) is 0.857. The third-order valence-corrected chi connectivity index (χ3v) is 2.07. The van der Waals surface area contributed by atoms with Gasteiger partial charge in [-0.1, -0.05) is 0 Å². The minimum Gasteiger partial charge on any atom is -0.331 e. The largest absolute Gasteiger partial charge is 0.405 e. The van der Waals surface area contributed by atoms with Gasteiger partial charge in [-0.3, -0.25) is 0 Å². The van der Waals surface area contributed by atoms with Gasteiger partial charge in [-0.25, -0.2) is 4.79 Å². The van der Waals surface area contributed by atoms with Crippen molar-refractivity contribution in [2.24, 2.45) is 5.73 Å². The van der Waals surface area contributed by atoms with E-state index in [0.29, 0.717) is 0 Å². The number of urea groups is 1. The van der Waals surface area contributed by atoms with Gasteiger partial charge in [-0.15, -0.1) is 0 Å². The van der Waals surface area contributed by atoms with Crippen LogP contribution >= 0.6 is 0 Å². The minimum absolute atomic E-state index is 0.256. The molecule has 2 amide bonds. The van der Waals surface area contributed by atoms with Gasteiger partial charge in [-0.2, -0.15) is 13.2 Å². The fourth-order valence-electron chi connectivity index (χ4n) is 0.997. The Bertz CT molecular complexity index is 225. The van der Waals surface area contributed by atoms with Gasteiger partial charge in [-0.05, 0) is 12.8 Å². The first-order valence-electron chi connectivity index (χ1n) is 4.20. The van der Waals surface area contributed by atoms with Gasteiger partial charge >= 0.3 is 12.2 Å². The van der Waals surface area contributed by atoms with Crippen LogP contribution in [0.4, 0.5) is 18.0 Å². The van der Waals surface area contributed by atoms with E-state index in [2.05, 4.69) is 5.32 Å². The molecule has 0 aromatic heterocycles. The summed E-state index contributed by atoms with van der Waals surface area (Å²) in [6, 6.07) is -0.815. The van der Waals surface area contributed by atoms with Crippen LogP contribution in [-0.2, 0) is 0 Å². The minimum atomic E-state index is -4.38. The third kappa shape index (κ3) is 3.41. The van der Waals surface area contributed by atoms with E-state index in [4.69, 9.17) is 5.73 Å². The second-order valence-corrected chi connectivity index (χ2v) is 3.41. The van der Waals surface area contributed by atoms with Crippen molar-refractivity contribution < 1.29 is 18.0 Å². The third-order valence-electron chi connectivity index (χ3n) is 2.07. The second-order valence-electron chi connectivity index (χ2n) is 3.41. The van der Waals surface area contributed by atoms with Crippen LogP contribution in [0.15, 0.2) is 0 Å². The summed E-state index contributed by atoms with van der Waals surface area (Å²) >= 11 is 0. The molecule has 0 bridgehead atoms. The number of rotatable bonds is 3. The standard InChI is InChI=1S/C7H12F3N3O/c8-7(9,10)4-12-5(14)13-6(3-11)1-2-6/h1-4,11H2,(H2,12,13,14). The van der Waals surface area contributed by atoms with Gasteiger partial charge in [0.15, 0.2) is 0 Å². The van der Waals surface area contributed by atoms with E-state index in [1.165, 1.54) is 0 Å². The molecule has 82 valence electrons. The highest BCUT2D eigenvalue weighted by Gasteiger charge is 2.43. The Balaban J connectivity index is 2.23. The van der Waals surface area contributed by atoms with E-state index < -0.39 is 24.3 Å². The number of carbonyl (C=O) groups excluding carboxylic acids is 1. The zero-order valence-corrected chi connectivity index (χ0v) is 7.45. The van der Waals surface area contributed by atoms with Crippen LogP contribution < -0.4 is 16.4 Å². The number of amides is 2. The predicted molar refractivity (Wildman–Crippen MR) is 43.6 cm³/mol. The molecule has 4 N–H and O–H groups in total. The molecule has 1 saturated carbocycles. The van der Waals surface area contributed by atoms with Crippen LogP contribution in [0.25, 0.3) is 0 Å². The average Bonchev–Trinajstić information content (AvgIpc) is 2.81. The van der Waals surface area contributed by atoms with Crippen molar-refractivity contribution in [2.75, 3.05) is 13.1 Å². The van der Waals surface area contributed by atoms with Gasteiger partial charge in [0, 0.05) is 6.54 Å². The van der Waals surface area contributed by atoms with Crippen molar-refractivity contribution in [1.82, 2.24) is 10.6 Å². The summed E-state index contributed by atoms with van der Waals surface area (Å²) in [6.45, 7) is -1.06. The Kier molecular flexibility index (Phi) is 2.89. The number of halogens is 3. The zero-order chi connectivity index (χ0) is 10.8. The monoisotopic (exact) mass is 211 g/mol. The quantitative estimate of drug-likeness (QED) is 0.630. The highest BCUT2D eigenvalue weighted by atomic mass is 19.4. The molecule has 0 spiro atoms. The highest BCUT2D eigenvalue weighted by Crippen LogP contribution is 2.33. The summed E-state index contributed by atoms with van der Waals surface area (Å²) in [6.07, 6.45) is -2.93. The maximum atomic E-state index is 11.7. The fourth-order valence-corrected chi connectivity index (χ4v) is 0.997. The van der Waals surface area contributed by atoms with Gasteiger partial charge in [0.05, 0.1) is 5.54 Å². The van der Waals surface area contributed by atoms with Crippen LogP contribution in [0.2, 0.25) is 0 Å². The van der Waals surface area contributed by atoms with Crippen molar-refractivity contribution >= 4 is 6.03 Å². The number of alkyl halides is 3. The highest BCUT2D eigenvalue weighted by molar-refractivity contribution is 5.75. The van der Waals surface area contributed by atoms with Gasteiger partial charge in [0.25, 0.3) is 0 Å². The van der Waals surface area contributed by atoms with Crippen molar-refractivity contribution in [1.29, 1.82) is 0 Å². The lowest BCUT2D eigenvalue weighted by atomic mass is 10.3. The Morgan fingerprint density at radius 3 is 2.36 bits per heavy atom. The normalized spacial score (nSPS) is 18.9. The average molecular weight is 211 g/mol. The Labute approximate surface area is 79.0 Å². The SMILES string of the molecule is NCC1(NC(=O)NCC(F)(F)F)CC1. The van der Waals surface area contributed by atoms with E-state index in [9.17, 15) is 18.0 Å². The molecule has 0 atom stereocenters. The summed E-state index contributed by atoms with van der Waals surface area (Å²) < 4.78 is 35.0. The Morgan fingerprint density at radius 2 is 2.00 bits per heavy atom. The first-order chi connectivity index (χ1) is 6.37. The van der Waals surface area contributed by atoms with E-state index >= 15 is 0 Å². The smallest absolute Gasteiger partial charge is 0.331 e. The summed E-state index contributed by atoms with van der Waals surface area (Å²) in [5, 5.41) is 4.14. The molecule has 0 aromatic rings. The Morgan fingerprint density at radius 1 is 1.43 bits per heavy atom. The number of nitrogens with one attached hydrogen (secondary N) is 2. The van der Waals surface area contributed by atoms with Gasteiger partial charge in [0.1, 0.15) is 6.54 Å². The molecule has 1 rings (SSSR count). The molecule has 1 aliphatic carbocycles. The van der Waals surface area contributed by atoms with Crippen LogP contribution in [0.3, 0.4) is 0 Å². The van der Waals surface area contributed by atoms with Gasteiger partial charge in [0.2, 0.25) is 0 Å². The number of nitrogens with two attached hydrogens (primary N) is 1. The number of hydrogen-bond donors (Lipinski definition) is 3. The van der Waals surface area contributed by atoms with Crippen LogP contribution in [0.5, 0.6) is 0 Å². The van der Waals surface area contributed by atoms with E-state index in [1.807, 2.05) is 0 Å². The Hall–Kier alpha value is -0.980. The first-order valence-corrected chi connectivity index (χ1v) is 4.20. The molecule has 4 nitrogen and oxygen atoms in total. The molecule has 0 radical (unpaired) electrons. The molecule has 1 aliphatic rings. The molecule has 0 aromatic carbocycles. The van der Waals surface area contributed by atoms with Crippen molar-refractivity contribution in [3.63, 3.8) is 0 Å². The molecule has 1 fully saturated rings. The molecule has 14 heavy (non-hydrogen) atoms. The summed E-state index contributed by atoms with van der Waals surface area (Å²) in [7, 11) is 0. The zero-order valence-electron chi connectivity index (χ0n) is 7.45. The lowest BCUT2D eigenvalue weighted by Crippen LogP contribution is -2.49. The van der Waals surface area contributed by atoms with Crippen molar-refractivity contribution in [3.05, 3.63) is 0 Å². The second kappa shape index (κ2) is 3.64. The lowest BCUT2D eigenvalue weighted by Gasteiger charge is -2.16. The van der Waals surface area contributed by atoms with Crippen LogP contribution in [0.1, 0.15) is 12.8 Å². The summed E-state index contributed by atoms with van der Waals surface area (Å²) in [4.78, 5) is 10.9. The van der Waals surface area contributed by atoms with Crippen molar-refractivity contribution in [2.45, 2.75) is 24.6 Å². The topological polar surface area (TPSA) is 67.1 Å².